The Labute approximate surface area is 108 Å². The maximum atomic E-state index is 6.12. The van der Waals surface area contributed by atoms with Crippen molar-refractivity contribution in [2.24, 2.45) is 0 Å². The van der Waals surface area contributed by atoms with Gasteiger partial charge in [-0.25, -0.2) is 0 Å². The van der Waals surface area contributed by atoms with Gasteiger partial charge in [0.25, 0.3) is 0 Å². The van der Waals surface area contributed by atoms with Crippen molar-refractivity contribution in [3.05, 3.63) is 28.8 Å². The summed E-state index contributed by atoms with van der Waals surface area (Å²) in [5.74, 6) is 0.465. The molecule has 0 atom stereocenters. The van der Waals surface area contributed by atoms with Gasteiger partial charge in [0.05, 0.1) is 5.88 Å². The number of anilines is 1. The maximum absolute atomic E-state index is 6.12. The quantitative estimate of drug-likeness (QED) is 0.529. The van der Waals surface area contributed by atoms with Crippen molar-refractivity contribution in [3.63, 3.8) is 0 Å². The molecule has 1 aromatic rings. The molecule has 0 aliphatic heterocycles. The zero-order valence-corrected chi connectivity index (χ0v) is 11.5. The lowest BCUT2D eigenvalue weighted by Crippen LogP contribution is -2.19. The third kappa shape index (κ3) is 3.57. The Kier molecular flexibility index (Phi) is 6.00. The van der Waals surface area contributed by atoms with E-state index >= 15 is 0 Å². The number of hydrogen-bond donors (Lipinski definition) is 0. The number of unbranched alkanes of at least 4 members (excludes halogenated alkanes) is 2. The molecule has 0 saturated carbocycles. The van der Waals surface area contributed by atoms with Gasteiger partial charge < -0.3 is 4.90 Å². The lowest BCUT2D eigenvalue weighted by molar-refractivity contribution is 0.704. The van der Waals surface area contributed by atoms with Crippen LogP contribution in [-0.2, 0) is 5.88 Å². The molecule has 0 unspecified atom stereocenters. The SMILES string of the molecule is CCCCCN(C)c1cccc(Cl)c1CCl. The lowest BCUT2D eigenvalue weighted by atomic mass is 10.1. The molecule has 0 aromatic heterocycles. The zero-order valence-electron chi connectivity index (χ0n) is 9.97. The molecule has 1 aromatic carbocycles. The van der Waals surface area contributed by atoms with Crippen LogP contribution in [0.3, 0.4) is 0 Å². The van der Waals surface area contributed by atoms with E-state index in [4.69, 9.17) is 23.2 Å². The fourth-order valence-corrected chi connectivity index (χ4v) is 2.34. The molecule has 0 saturated heterocycles. The highest BCUT2D eigenvalue weighted by atomic mass is 35.5. The Morgan fingerprint density at radius 2 is 2.00 bits per heavy atom. The van der Waals surface area contributed by atoms with Crippen LogP contribution in [0.4, 0.5) is 5.69 Å². The van der Waals surface area contributed by atoms with Crippen LogP contribution in [0.2, 0.25) is 5.02 Å². The van der Waals surface area contributed by atoms with Crippen molar-refractivity contribution in [3.8, 4) is 0 Å². The Hall–Kier alpha value is -0.400. The molecule has 0 amide bonds. The summed E-state index contributed by atoms with van der Waals surface area (Å²) in [5, 5.41) is 0.759. The van der Waals surface area contributed by atoms with E-state index in [1.54, 1.807) is 0 Å². The van der Waals surface area contributed by atoms with Crippen LogP contribution < -0.4 is 4.90 Å². The van der Waals surface area contributed by atoms with E-state index in [-0.39, 0.29) is 0 Å². The van der Waals surface area contributed by atoms with Gasteiger partial charge in [-0.1, -0.05) is 37.4 Å². The minimum absolute atomic E-state index is 0.465. The van der Waals surface area contributed by atoms with E-state index in [0.717, 1.165) is 22.8 Å². The van der Waals surface area contributed by atoms with Gasteiger partial charge in [0.15, 0.2) is 0 Å². The molecule has 1 rings (SSSR count). The Morgan fingerprint density at radius 1 is 1.25 bits per heavy atom. The molecule has 3 heteroatoms. The highest BCUT2D eigenvalue weighted by Crippen LogP contribution is 2.28. The van der Waals surface area contributed by atoms with Gasteiger partial charge in [0, 0.05) is 29.9 Å². The monoisotopic (exact) mass is 259 g/mol. The molecule has 0 radical (unpaired) electrons. The molecule has 90 valence electrons. The van der Waals surface area contributed by atoms with Crippen LogP contribution in [0.1, 0.15) is 31.7 Å². The summed E-state index contributed by atoms with van der Waals surface area (Å²) in [5.41, 5.74) is 2.18. The van der Waals surface area contributed by atoms with Crippen LogP contribution in [0.5, 0.6) is 0 Å². The van der Waals surface area contributed by atoms with Gasteiger partial charge in [0.1, 0.15) is 0 Å². The molecule has 16 heavy (non-hydrogen) atoms. The minimum Gasteiger partial charge on any atom is -0.374 e. The predicted octanol–water partition coefficient (Wildman–Crippen LogP) is 4.71. The van der Waals surface area contributed by atoms with Crippen LogP contribution in [0, 0.1) is 0 Å². The maximum Gasteiger partial charge on any atom is 0.0509 e. The largest absolute Gasteiger partial charge is 0.374 e. The summed E-state index contributed by atoms with van der Waals surface area (Å²) in [6.07, 6.45) is 3.72. The average molecular weight is 260 g/mol. The van der Waals surface area contributed by atoms with E-state index in [2.05, 4.69) is 24.9 Å². The summed E-state index contributed by atoms with van der Waals surface area (Å²) >= 11 is 12.1. The number of rotatable bonds is 6. The molecular formula is C13H19Cl2N. The van der Waals surface area contributed by atoms with E-state index in [9.17, 15) is 0 Å². The second-order valence-electron chi connectivity index (χ2n) is 4.00. The first kappa shape index (κ1) is 13.7. The topological polar surface area (TPSA) is 3.24 Å². The number of hydrogen-bond acceptors (Lipinski definition) is 1. The third-order valence-electron chi connectivity index (χ3n) is 2.74. The Bertz CT molecular complexity index is 326. The normalized spacial score (nSPS) is 10.5. The smallest absolute Gasteiger partial charge is 0.0509 e. The lowest BCUT2D eigenvalue weighted by Gasteiger charge is -2.22. The molecule has 0 N–H and O–H groups in total. The van der Waals surface area contributed by atoms with Gasteiger partial charge in [-0.2, -0.15) is 0 Å². The second kappa shape index (κ2) is 7.03. The number of halogens is 2. The van der Waals surface area contributed by atoms with Crippen molar-refractivity contribution < 1.29 is 0 Å². The van der Waals surface area contributed by atoms with Gasteiger partial charge >= 0.3 is 0 Å². The van der Waals surface area contributed by atoms with Crippen LogP contribution in [0.25, 0.3) is 0 Å². The van der Waals surface area contributed by atoms with Crippen molar-refractivity contribution in [2.45, 2.75) is 32.1 Å². The van der Waals surface area contributed by atoms with Crippen molar-refractivity contribution >= 4 is 28.9 Å². The number of alkyl halides is 1. The first-order valence-corrected chi connectivity index (χ1v) is 6.66. The highest BCUT2D eigenvalue weighted by Gasteiger charge is 2.09. The van der Waals surface area contributed by atoms with E-state index < -0.39 is 0 Å². The Morgan fingerprint density at radius 3 is 2.62 bits per heavy atom. The summed E-state index contributed by atoms with van der Waals surface area (Å²) in [4.78, 5) is 2.24. The molecule has 0 bridgehead atoms. The van der Waals surface area contributed by atoms with Gasteiger partial charge in [-0.05, 0) is 18.6 Å². The molecular weight excluding hydrogens is 241 g/mol. The van der Waals surface area contributed by atoms with Gasteiger partial charge in [0.2, 0.25) is 0 Å². The zero-order chi connectivity index (χ0) is 12.0. The summed E-state index contributed by atoms with van der Waals surface area (Å²) in [6.45, 7) is 3.27. The fourth-order valence-electron chi connectivity index (χ4n) is 1.76. The third-order valence-corrected chi connectivity index (χ3v) is 3.36. The minimum atomic E-state index is 0.465. The average Bonchev–Trinajstić information content (AvgIpc) is 2.29. The summed E-state index contributed by atoms with van der Waals surface area (Å²) < 4.78 is 0. The van der Waals surface area contributed by atoms with E-state index in [1.807, 2.05) is 12.1 Å². The first-order chi connectivity index (χ1) is 7.70. The second-order valence-corrected chi connectivity index (χ2v) is 4.67. The van der Waals surface area contributed by atoms with Gasteiger partial charge in [-0.3, -0.25) is 0 Å². The highest BCUT2D eigenvalue weighted by molar-refractivity contribution is 6.32. The predicted molar refractivity (Wildman–Crippen MR) is 73.8 cm³/mol. The van der Waals surface area contributed by atoms with E-state index in [1.165, 1.54) is 19.3 Å². The van der Waals surface area contributed by atoms with Crippen molar-refractivity contribution in [2.75, 3.05) is 18.5 Å². The summed E-state index contributed by atoms with van der Waals surface area (Å²) in [6, 6.07) is 5.95. The molecule has 0 aliphatic carbocycles. The van der Waals surface area contributed by atoms with Crippen LogP contribution >= 0.6 is 23.2 Å². The Balaban J connectivity index is 2.74. The number of nitrogens with zero attached hydrogens (tertiary/aromatic N) is 1. The summed E-state index contributed by atoms with van der Waals surface area (Å²) in [7, 11) is 2.09. The number of benzene rings is 1. The molecule has 0 heterocycles. The standard InChI is InChI=1S/C13H19Cl2N/c1-3-4-5-9-16(2)13-8-6-7-12(15)11(13)10-14/h6-8H,3-5,9-10H2,1-2H3. The first-order valence-electron chi connectivity index (χ1n) is 5.75. The van der Waals surface area contributed by atoms with Crippen molar-refractivity contribution in [1.29, 1.82) is 0 Å². The van der Waals surface area contributed by atoms with E-state index in [0.29, 0.717) is 5.88 Å². The molecule has 1 nitrogen and oxygen atoms in total. The molecule has 0 spiro atoms. The van der Waals surface area contributed by atoms with Gasteiger partial charge in [-0.15, -0.1) is 11.6 Å². The van der Waals surface area contributed by atoms with Crippen LogP contribution in [-0.4, -0.2) is 13.6 Å². The van der Waals surface area contributed by atoms with Crippen LogP contribution in [0.15, 0.2) is 18.2 Å². The molecule has 0 aliphatic rings. The fraction of sp³-hybridized carbons (Fsp3) is 0.538. The molecule has 0 fully saturated rings. The van der Waals surface area contributed by atoms with Crippen molar-refractivity contribution in [1.82, 2.24) is 0 Å².